The summed E-state index contributed by atoms with van der Waals surface area (Å²) < 4.78 is 5.55. The highest BCUT2D eigenvalue weighted by atomic mass is 16.5. The molecule has 0 aliphatic carbocycles. The van der Waals surface area contributed by atoms with Crippen LogP contribution in [-0.2, 0) is 4.74 Å². The van der Waals surface area contributed by atoms with Gasteiger partial charge in [0.05, 0.1) is 12.7 Å². The summed E-state index contributed by atoms with van der Waals surface area (Å²) in [5.74, 6) is 0.968. The third kappa shape index (κ3) is 5.58. The van der Waals surface area contributed by atoms with Crippen molar-refractivity contribution in [2.24, 2.45) is 17.6 Å². The van der Waals surface area contributed by atoms with Crippen molar-refractivity contribution in [1.29, 1.82) is 0 Å². The van der Waals surface area contributed by atoms with Crippen LogP contribution in [0.25, 0.3) is 0 Å². The molecule has 0 radical (unpaired) electrons. The Bertz CT molecular complexity index is 137. The normalized spacial score (nSPS) is 16.3. The Kier molecular flexibility index (Phi) is 7.15. The fourth-order valence-corrected chi connectivity index (χ4v) is 1.17. The van der Waals surface area contributed by atoms with Gasteiger partial charge < -0.3 is 15.6 Å². The molecule has 0 bridgehead atoms. The number of rotatable bonds is 7. The van der Waals surface area contributed by atoms with Crippen LogP contribution in [0.5, 0.6) is 0 Å². The van der Waals surface area contributed by atoms with Crippen molar-refractivity contribution in [3.8, 4) is 0 Å². The van der Waals surface area contributed by atoms with Crippen molar-refractivity contribution in [3.63, 3.8) is 0 Å². The molecule has 3 N–H and O–H groups in total. The van der Waals surface area contributed by atoms with Gasteiger partial charge in [-0.15, -0.1) is 0 Å². The fourth-order valence-electron chi connectivity index (χ4n) is 1.17. The van der Waals surface area contributed by atoms with E-state index in [9.17, 15) is 0 Å². The standard InChI is InChI=1S/C11H25NO2/c1-8(2)5-6-14-10(7-13)11(12)9(3)4/h8-11,13H,5-7,12H2,1-4H3. The molecule has 3 heteroatoms. The maximum absolute atomic E-state index is 9.11. The lowest BCUT2D eigenvalue weighted by atomic mass is 10.00. The largest absolute Gasteiger partial charge is 0.394 e. The number of ether oxygens (including phenoxy) is 1. The van der Waals surface area contributed by atoms with Gasteiger partial charge in [-0.3, -0.25) is 0 Å². The SMILES string of the molecule is CC(C)CCOC(CO)C(N)C(C)C. The average Bonchev–Trinajstić information content (AvgIpc) is 2.10. The predicted octanol–water partition coefficient (Wildman–Crippen LogP) is 1.39. The number of nitrogens with two attached hydrogens (primary N) is 1. The first kappa shape index (κ1) is 13.9. The molecule has 0 fully saturated rings. The second kappa shape index (κ2) is 7.21. The molecule has 2 unspecified atom stereocenters. The minimum absolute atomic E-state index is 0.0114. The maximum Gasteiger partial charge on any atom is 0.0958 e. The molecule has 0 heterocycles. The summed E-state index contributed by atoms with van der Waals surface area (Å²) in [5, 5.41) is 9.11. The molecule has 3 nitrogen and oxygen atoms in total. The third-order valence-electron chi connectivity index (χ3n) is 2.41. The second-order valence-corrected chi connectivity index (χ2v) is 4.60. The average molecular weight is 203 g/mol. The molecule has 0 spiro atoms. The first-order valence-electron chi connectivity index (χ1n) is 5.47. The van der Waals surface area contributed by atoms with Gasteiger partial charge in [-0.05, 0) is 18.3 Å². The van der Waals surface area contributed by atoms with Gasteiger partial charge in [0.15, 0.2) is 0 Å². The molecule has 86 valence electrons. The van der Waals surface area contributed by atoms with E-state index in [2.05, 4.69) is 13.8 Å². The Morgan fingerprint density at radius 3 is 2.14 bits per heavy atom. The van der Waals surface area contributed by atoms with Gasteiger partial charge in [-0.1, -0.05) is 27.7 Å². The fraction of sp³-hybridized carbons (Fsp3) is 1.00. The summed E-state index contributed by atoms with van der Waals surface area (Å²) in [5.41, 5.74) is 5.90. The van der Waals surface area contributed by atoms with Crippen LogP contribution < -0.4 is 5.73 Å². The van der Waals surface area contributed by atoms with Crippen molar-refractivity contribution in [2.75, 3.05) is 13.2 Å². The van der Waals surface area contributed by atoms with E-state index in [1.807, 2.05) is 13.8 Å². The van der Waals surface area contributed by atoms with Gasteiger partial charge >= 0.3 is 0 Å². The van der Waals surface area contributed by atoms with E-state index >= 15 is 0 Å². The zero-order valence-corrected chi connectivity index (χ0v) is 9.86. The molecule has 0 saturated carbocycles. The van der Waals surface area contributed by atoms with E-state index in [1.165, 1.54) is 0 Å². The van der Waals surface area contributed by atoms with Gasteiger partial charge in [0.1, 0.15) is 0 Å². The van der Waals surface area contributed by atoms with Gasteiger partial charge in [0, 0.05) is 12.6 Å². The predicted molar refractivity (Wildman–Crippen MR) is 59.1 cm³/mol. The van der Waals surface area contributed by atoms with Crippen molar-refractivity contribution in [1.82, 2.24) is 0 Å². The number of hydrogen-bond acceptors (Lipinski definition) is 3. The lowest BCUT2D eigenvalue weighted by molar-refractivity contribution is -0.0148. The molecule has 0 saturated heterocycles. The topological polar surface area (TPSA) is 55.5 Å². The molecule has 0 amide bonds. The van der Waals surface area contributed by atoms with Gasteiger partial charge in [-0.25, -0.2) is 0 Å². The van der Waals surface area contributed by atoms with Gasteiger partial charge in [0.25, 0.3) is 0 Å². The zero-order valence-electron chi connectivity index (χ0n) is 9.86. The molecule has 0 aliphatic heterocycles. The van der Waals surface area contributed by atoms with E-state index in [-0.39, 0.29) is 18.8 Å². The van der Waals surface area contributed by atoms with Crippen LogP contribution in [0.15, 0.2) is 0 Å². The monoisotopic (exact) mass is 203 g/mol. The molecule has 0 aromatic heterocycles. The maximum atomic E-state index is 9.11. The third-order valence-corrected chi connectivity index (χ3v) is 2.41. The number of aliphatic hydroxyl groups excluding tert-OH is 1. The molecular weight excluding hydrogens is 178 g/mol. The molecule has 2 atom stereocenters. The van der Waals surface area contributed by atoms with Crippen LogP contribution in [0.3, 0.4) is 0 Å². The smallest absolute Gasteiger partial charge is 0.0958 e. The Morgan fingerprint density at radius 1 is 1.21 bits per heavy atom. The quantitative estimate of drug-likeness (QED) is 0.657. The van der Waals surface area contributed by atoms with E-state index < -0.39 is 0 Å². The summed E-state index contributed by atoms with van der Waals surface area (Å²) >= 11 is 0. The van der Waals surface area contributed by atoms with Crippen LogP contribution in [0.1, 0.15) is 34.1 Å². The second-order valence-electron chi connectivity index (χ2n) is 4.60. The zero-order chi connectivity index (χ0) is 11.1. The van der Waals surface area contributed by atoms with E-state index in [1.54, 1.807) is 0 Å². The first-order valence-corrected chi connectivity index (χ1v) is 5.47. The summed E-state index contributed by atoms with van der Waals surface area (Å²) in [6.07, 6.45) is 0.801. The van der Waals surface area contributed by atoms with Gasteiger partial charge in [-0.2, -0.15) is 0 Å². The summed E-state index contributed by atoms with van der Waals surface area (Å²) in [6.45, 7) is 9.08. The van der Waals surface area contributed by atoms with Crippen LogP contribution in [0.2, 0.25) is 0 Å². The molecule has 14 heavy (non-hydrogen) atoms. The van der Waals surface area contributed by atoms with Crippen molar-refractivity contribution in [2.45, 2.75) is 46.3 Å². The minimum Gasteiger partial charge on any atom is -0.394 e. The highest BCUT2D eigenvalue weighted by molar-refractivity contribution is 4.75. The number of aliphatic hydroxyl groups is 1. The Balaban J connectivity index is 3.79. The van der Waals surface area contributed by atoms with Gasteiger partial charge in [0.2, 0.25) is 0 Å². The Hall–Kier alpha value is -0.120. The van der Waals surface area contributed by atoms with Crippen LogP contribution in [0.4, 0.5) is 0 Å². The highest BCUT2D eigenvalue weighted by Gasteiger charge is 2.20. The lowest BCUT2D eigenvalue weighted by Gasteiger charge is -2.25. The molecule has 0 aromatic carbocycles. The molecule has 0 rings (SSSR count). The van der Waals surface area contributed by atoms with E-state index in [0.29, 0.717) is 18.4 Å². The molecular formula is C11H25NO2. The van der Waals surface area contributed by atoms with Crippen LogP contribution >= 0.6 is 0 Å². The Labute approximate surface area is 87.6 Å². The summed E-state index contributed by atoms with van der Waals surface area (Å²) in [7, 11) is 0. The first-order chi connectivity index (χ1) is 6.49. The summed E-state index contributed by atoms with van der Waals surface area (Å²) in [4.78, 5) is 0. The van der Waals surface area contributed by atoms with E-state index in [0.717, 1.165) is 6.42 Å². The van der Waals surface area contributed by atoms with Crippen molar-refractivity contribution < 1.29 is 9.84 Å². The lowest BCUT2D eigenvalue weighted by Crippen LogP contribution is -2.43. The van der Waals surface area contributed by atoms with E-state index in [4.69, 9.17) is 15.6 Å². The highest BCUT2D eigenvalue weighted by Crippen LogP contribution is 2.09. The van der Waals surface area contributed by atoms with Crippen LogP contribution in [0, 0.1) is 11.8 Å². The van der Waals surface area contributed by atoms with Crippen molar-refractivity contribution in [3.05, 3.63) is 0 Å². The number of hydrogen-bond donors (Lipinski definition) is 2. The van der Waals surface area contributed by atoms with Crippen LogP contribution in [-0.4, -0.2) is 30.5 Å². The van der Waals surface area contributed by atoms with Crippen molar-refractivity contribution >= 4 is 0 Å². The minimum atomic E-state index is -0.214. The Morgan fingerprint density at radius 2 is 1.79 bits per heavy atom. The molecule has 0 aliphatic rings. The molecule has 0 aromatic rings. The summed E-state index contributed by atoms with van der Waals surface area (Å²) in [6, 6.07) is -0.0767.